The molecule has 0 aliphatic carbocycles. The van der Waals surface area contributed by atoms with E-state index in [0.717, 1.165) is 4.47 Å². The Morgan fingerprint density at radius 2 is 2.06 bits per heavy atom. The molecule has 0 amide bonds. The Morgan fingerprint density at radius 3 is 2.75 bits per heavy atom. The monoisotopic (exact) mass is 301 g/mol. The van der Waals surface area contributed by atoms with Gasteiger partial charge in [0, 0.05) is 10.5 Å². The van der Waals surface area contributed by atoms with Crippen LogP contribution in [0.4, 0.5) is 4.39 Å². The molecule has 0 unspecified atom stereocenters. The quantitative estimate of drug-likeness (QED) is 0.766. The van der Waals surface area contributed by atoms with E-state index in [1.54, 1.807) is 24.3 Å². The molecule has 0 saturated carbocycles. The van der Waals surface area contributed by atoms with E-state index >= 15 is 0 Å². The summed E-state index contributed by atoms with van der Waals surface area (Å²) in [5, 5.41) is 0.431. The van der Waals surface area contributed by atoms with Crippen LogP contribution >= 0.6 is 27.5 Å². The van der Waals surface area contributed by atoms with E-state index in [4.69, 9.17) is 16.3 Å². The van der Waals surface area contributed by atoms with Gasteiger partial charge >= 0.3 is 0 Å². The van der Waals surface area contributed by atoms with Gasteiger partial charge in [-0.15, -0.1) is 0 Å². The first-order valence-electron chi connectivity index (χ1n) is 4.40. The maximum atomic E-state index is 12.8. The Hall–Kier alpha value is -1.13. The van der Waals surface area contributed by atoms with E-state index in [1.807, 2.05) is 0 Å². The van der Waals surface area contributed by atoms with Crippen LogP contribution in [0.25, 0.3) is 0 Å². The summed E-state index contributed by atoms with van der Waals surface area (Å²) in [6.45, 7) is 0. The summed E-state index contributed by atoms with van der Waals surface area (Å²) in [4.78, 5) is 3.57. The smallest absolute Gasteiger partial charge is 0.221 e. The summed E-state index contributed by atoms with van der Waals surface area (Å²) < 4.78 is 19.0. The van der Waals surface area contributed by atoms with Crippen LogP contribution < -0.4 is 4.74 Å². The van der Waals surface area contributed by atoms with E-state index in [1.165, 1.54) is 12.1 Å². The lowest BCUT2D eigenvalue weighted by molar-refractivity contribution is 0.445. The highest BCUT2D eigenvalue weighted by molar-refractivity contribution is 9.10. The Balaban J connectivity index is 2.27. The molecule has 0 saturated heterocycles. The van der Waals surface area contributed by atoms with E-state index < -0.39 is 5.95 Å². The molecule has 0 fully saturated rings. The highest BCUT2D eigenvalue weighted by atomic mass is 79.9. The molecule has 2 rings (SSSR count). The van der Waals surface area contributed by atoms with E-state index in [-0.39, 0.29) is 5.88 Å². The molecule has 0 aliphatic heterocycles. The third kappa shape index (κ3) is 2.71. The first-order chi connectivity index (χ1) is 7.65. The van der Waals surface area contributed by atoms with Gasteiger partial charge in [0.15, 0.2) is 0 Å². The minimum absolute atomic E-state index is 0.171. The summed E-state index contributed by atoms with van der Waals surface area (Å²) in [6, 6.07) is 9.47. The Labute approximate surface area is 105 Å². The van der Waals surface area contributed by atoms with Gasteiger partial charge in [-0.1, -0.05) is 33.6 Å². The fraction of sp³-hybridized carbons (Fsp3) is 0. The number of hydrogen-bond donors (Lipinski definition) is 0. The summed E-state index contributed by atoms with van der Waals surface area (Å²) in [6.07, 6.45) is 0. The molecule has 82 valence electrons. The summed E-state index contributed by atoms with van der Waals surface area (Å²) in [7, 11) is 0. The van der Waals surface area contributed by atoms with Gasteiger partial charge in [-0.2, -0.15) is 9.37 Å². The van der Waals surface area contributed by atoms with Crippen molar-refractivity contribution in [1.29, 1.82) is 0 Å². The van der Waals surface area contributed by atoms with Crippen LogP contribution in [-0.4, -0.2) is 4.98 Å². The van der Waals surface area contributed by atoms with Gasteiger partial charge in [0.25, 0.3) is 0 Å². The number of halogens is 3. The first-order valence-corrected chi connectivity index (χ1v) is 5.58. The molecular formula is C11H6BrClFNO. The van der Waals surface area contributed by atoms with E-state index in [0.29, 0.717) is 10.8 Å². The Morgan fingerprint density at radius 1 is 1.25 bits per heavy atom. The van der Waals surface area contributed by atoms with Crippen molar-refractivity contribution in [2.75, 3.05) is 0 Å². The van der Waals surface area contributed by atoms with Crippen molar-refractivity contribution in [2.24, 2.45) is 0 Å². The normalized spacial score (nSPS) is 10.2. The van der Waals surface area contributed by atoms with E-state index in [2.05, 4.69) is 20.9 Å². The van der Waals surface area contributed by atoms with Crippen molar-refractivity contribution in [3.8, 4) is 11.6 Å². The Bertz CT molecular complexity index is 521. The van der Waals surface area contributed by atoms with Gasteiger partial charge in [0.2, 0.25) is 11.8 Å². The number of ether oxygens (including phenoxy) is 1. The molecular weight excluding hydrogens is 296 g/mol. The molecule has 0 N–H and O–H groups in total. The van der Waals surface area contributed by atoms with Gasteiger partial charge in [0.05, 0.1) is 5.02 Å². The van der Waals surface area contributed by atoms with Gasteiger partial charge < -0.3 is 4.74 Å². The summed E-state index contributed by atoms with van der Waals surface area (Å²) in [5.41, 5.74) is 0. The number of rotatable bonds is 2. The number of nitrogens with zero attached hydrogens (tertiary/aromatic N) is 1. The Kier molecular flexibility index (Phi) is 3.41. The maximum Gasteiger partial charge on any atom is 0.221 e. The second-order valence-electron chi connectivity index (χ2n) is 2.98. The summed E-state index contributed by atoms with van der Waals surface area (Å²) >= 11 is 9.22. The third-order valence-corrected chi connectivity index (χ3v) is 2.59. The standard InChI is InChI=1S/C11H6BrClFNO/c12-7-4-5-9(8(13)6-7)16-11-3-1-2-10(14)15-11/h1-6H. The molecule has 16 heavy (non-hydrogen) atoms. The maximum absolute atomic E-state index is 12.8. The minimum atomic E-state index is -0.592. The zero-order valence-electron chi connectivity index (χ0n) is 7.95. The molecule has 0 aliphatic rings. The molecule has 5 heteroatoms. The molecule has 1 aromatic heterocycles. The predicted molar refractivity (Wildman–Crippen MR) is 63.4 cm³/mol. The lowest BCUT2D eigenvalue weighted by atomic mass is 10.3. The van der Waals surface area contributed by atoms with Crippen LogP contribution in [0.15, 0.2) is 40.9 Å². The summed E-state index contributed by atoms with van der Waals surface area (Å²) in [5.74, 6) is 0.0120. The van der Waals surface area contributed by atoms with Crippen molar-refractivity contribution in [2.45, 2.75) is 0 Å². The van der Waals surface area contributed by atoms with Gasteiger partial charge in [-0.05, 0) is 24.3 Å². The van der Waals surface area contributed by atoms with Crippen LogP contribution in [0, 0.1) is 5.95 Å². The van der Waals surface area contributed by atoms with Crippen LogP contribution in [0.2, 0.25) is 5.02 Å². The number of aromatic nitrogens is 1. The van der Waals surface area contributed by atoms with Crippen molar-refractivity contribution < 1.29 is 9.13 Å². The molecule has 1 aromatic carbocycles. The second kappa shape index (κ2) is 4.80. The second-order valence-corrected chi connectivity index (χ2v) is 4.30. The van der Waals surface area contributed by atoms with Crippen molar-refractivity contribution in [1.82, 2.24) is 4.98 Å². The van der Waals surface area contributed by atoms with Gasteiger partial charge in [-0.25, -0.2) is 0 Å². The molecule has 1 heterocycles. The van der Waals surface area contributed by atoms with Crippen molar-refractivity contribution >= 4 is 27.5 Å². The molecule has 2 nitrogen and oxygen atoms in total. The van der Waals surface area contributed by atoms with E-state index in [9.17, 15) is 4.39 Å². The lowest BCUT2D eigenvalue weighted by Gasteiger charge is -2.06. The molecule has 0 atom stereocenters. The average Bonchev–Trinajstić information content (AvgIpc) is 2.22. The minimum Gasteiger partial charge on any atom is -0.437 e. The average molecular weight is 303 g/mol. The van der Waals surface area contributed by atoms with Crippen molar-refractivity contribution in [3.63, 3.8) is 0 Å². The fourth-order valence-electron chi connectivity index (χ4n) is 1.12. The molecule has 2 aromatic rings. The number of hydrogen-bond acceptors (Lipinski definition) is 2. The number of pyridine rings is 1. The topological polar surface area (TPSA) is 22.1 Å². The first kappa shape index (κ1) is 11.4. The fourth-order valence-corrected chi connectivity index (χ4v) is 1.83. The zero-order chi connectivity index (χ0) is 11.5. The largest absolute Gasteiger partial charge is 0.437 e. The van der Waals surface area contributed by atoms with Crippen LogP contribution in [0.1, 0.15) is 0 Å². The van der Waals surface area contributed by atoms with Gasteiger partial charge in [-0.3, -0.25) is 0 Å². The lowest BCUT2D eigenvalue weighted by Crippen LogP contribution is -1.90. The van der Waals surface area contributed by atoms with Crippen LogP contribution in [0.5, 0.6) is 11.6 Å². The van der Waals surface area contributed by atoms with Crippen LogP contribution in [-0.2, 0) is 0 Å². The third-order valence-electron chi connectivity index (χ3n) is 1.80. The number of benzene rings is 1. The molecule has 0 spiro atoms. The SMILES string of the molecule is Fc1cccc(Oc2ccc(Br)cc2Cl)n1. The molecule has 0 radical (unpaired) electrons. The highest BCUT2D eigenvalue weighted by Crippen LogP contribution is 2.30. The molecule has 0 bridgehead atoms. The van der Waals surface area contributed by atoms with Gasteiger partial charge in [0.1, 0.15) is 5.75 Å². The zero-order valence-corrected chi connectivity index (χ0v) is 10.3. The van der Waals surface area contributed by atoms with Crippen LogP contribution in [0.3, 0.4) is 0 Å². The highest BCUT2D eigenvalue weighted by Gasteiger charge is 2.05. The van der Waals surface area contributed by atoms with Crippen molar-refractivity contribution in [3.05, 3.63) is 51.8 Å². The predicted octanol–water partition coefficient (Wildman–Crippen LogP) is 4.43.